The van der Waals surface area contributed by atoms with Crippen LogP contribution in [0.1, 0.15) is 52.7 Å². The number of halogens is 12. The normalized spacial score (nSPS) is 14.7. The van der Waals surface area contributed by atoms with Crippen LogP contribution in [0.25, 0.3) is 6.08 Å². The van der Waals surface area contributed by atoms with Crippen LogP contribution in [0, 0.1) is 0 Å². The van der Waals surface area contributed by atoms with E-state index in [1.54, 1.807) is 0 Å². The Bertz CT molecular complexity index is 1400. The molecule has 2 atom stereocenters. The third kappa shape index (κ3) is 10.5. The zero-order valence-corrected chi connectivity index (χ0v) is 24.3. The first-order chi connectivity index (χ1) is 19.0. The average molecular weight is 693 g/mol. The summed E-state index contributed by atoms with van der Waals surface area (Å²) in [6.07, 6.45) is -15.3. The highest BCUT2D eigenvalue weighted by atomic mass is 35.5. The van der Waals surface area contributed by atoms with Crippen molar-refractivity contribution in [1.29, 1.82) is 0 Å². The Morgan fingerprint density at radius 1 is 0.952 bits per heavy atom. The van der Waals surface area contributed by atoms with Gasteiger partial charge in [0.15, 0.2) is 9.84 Å². The number of benzene rings is 2. The Kier molecular flexibility index (Phi) is 11.7. The Morgan fingerprint density at radius 3 is 2.00 bits per heavy atom. The van der Waals surface area contributed by atoms with Crippen molar-refractivity contribution >= 4 is 56.6 Å². The van der Waals surface area contributed by atoms with Gasteiger partial charge in [-0.15, -0.1) is 0 Å². The number of hydrogen-bond acceptors (Lipinski definition) is 3. The topological polar surface area (TPSA) is 63.2 Å². The van der Waals surface area contributed by atoms with Crippen LogP contribution in [-0.2, 0) is 16.0 Å². The zero-order chi connectivity index (χ0) is 32.3. The molecule has 2 rings (SSSR count). The molecule has 234 valence electrons. The third-order valence-electron chi connectivity index (χ3n) is 5.77. The van der Waals surface area contributed by atoms with Gasteiger partial charge in [-0.3, -0.25) is 4.79 Å². The van der Waals surface area contributed by atoms with E-state index in [0.29, 0.717) is 18.2 Å². The lowest BCUT2D eigenvalue weighted by Gasteiger charge is -2.20. The highest BCUT2D eigenvalue weighted by Gasteiger charge is 2.40. The quantitative estimate of drug-likeness (QED) is 0.200. The standard InChI is InChI=1S/C25H21Cl3F9NO3S/c1-2-15(12-42(40,41)8-7-23(29,30)31)38-22(39)16-5-3-13(9-18(16)25(35,36)37)4-6-17(24(32,33)34)14-10-19(26)21(28)20(27)11-14/h3-6,9-11,15,17H,2,7-8,12H2,1H3,(H,38,39)/b6-4+/t15-,17?/m1/s1. The second-order valence-electron chi connectivity index (χ2n) is 9.04. The summed E-state index contributed by atoms with van der Waals surface area (Å²) >= 11 is 17.4. The van der Waals surface area contributed by atoms with E-state index in [1.807, 2.05) is 0 Å². The molecule has 0 aliphatic heterocycles. The molecular weight excluding hydrogens is 672 g/mol. The molecule has 0 saturated heterocycles. The van der Waals surface area contributed by atoms with E-state index in [2.05, 4.69) is 5.32 Å². The fourth-order valence-electron chi connectivity index (χ4n) is 3.66. The van der Waals surface area contributed by atoms with Crippen molar-refractivity contribution < 1.29 is 52.7 Å². The van der Waals surface area contributed by atoms with E-state index in [-0.39, 0.29) is 27.1 Å². The van der Waals surface area contributed by atoms with Gasteiger partial charge in [0.25, 0.3) is 5.91 Å². The van der Waals surface area contributed by atoms with E-state index >= 15 is 0 Å². The van der Waals surface area contributed by atoms with Crippen LogP contribution in [0.5, 0.6) is 0 Å². The van der Waals surface area contributed by atoms with Gasteiger partial charge in [-0.05, 0) is 41.8 Å². The van der Waals surface area contributed by atoms with Gasteiger partial charge >= 0.3 is 18.5 Å². The van der Waals surface area contributed by atoms with Gasteiger partial charge in [0.05, 0.1) is 50.0 Å². The van der Waals surface area contributed by atoms with Crippen molar-refractivity contribution in [2.24, 2.45) is 0 Å². The summed E-state index contributed by atoms with van der Waals surface area (Å²) in [5.41, 5.74) is -3.34. The maximum Gasteiger partial charge on any atom is 0.417 e. The number of rotatable bonds is 10. The second kappa shape index (κ2) is 13.6. The summed E-state index contributed by atoms with van der Waals surface area (Å²) in [7, 11) is -4.34. The Balaban J connectivity index is 2.38. The van der Waals surface area contributed by atoms with Gasteiger partial charge in [0.2, 0.25) is 0 Å². The Morgan fingerprint density at radius 2 is 1.52 bits per heavy atom. The molecule has 0 bridgehead atoms. The molecule has 0 aliphatic carbocycles. The zero-order valence-electron chi connectivity index (χ0n) is 21.2. The van der Waals surface area contributed by atoms with Crippen molar-refractivity contribution in [2.75, 3.05) is 11.5 Å². The molecule has 2 aromatic rings. The fourth-order valence-corrected chi connectivity index (χ4v) is 5.91. The Labute approximate surface area is 249 Å². The lowest BCUT2D eigenvalue weighted by Crippen LogP contribution is -2.40. The van der Waals surface area contributed by atoms with E-state index < -0.39 is 80.8 Å². The largest absolute Gasteiger partial charge is 0.417 e. The molecule has 42 heavy (non-hydrogen) atoms. The summed E-state index contributed by atoms with van der Waals surface area (Å²) in [6, 6.07) is 2.52. The highest BCUT2D eigenvalue weighted by molar-refractivity contribution is 7.91. The summed E-state index contributed by atoms with van der Waals surface area (Å²) in [5, 5.41) is 1.31. The average Bonchev–Trinajstić information content (AvgIpc) is 2.83. The van der Waals surface area contributed by atoms with Crippen molar-refractivity contribution in [3.8, 4) is 0 Å². The number of sulfone groups is 1. The molecule has 17 heteroatoms. The van der Waals surface area contributed by atoms with Crippen LogP contribution in [-0.4, -0.2) is 44.2 Å². The Hall–Kier alpha value is -2.16. The van der Waals surface area contributed by atoms with Crippen LogP contribution in [0.3, 0.4) is 0 Å². The summed E-state index contributed by atoms with van der Waals surface area (Å²) in [5.74, 6) is -5.96. The molecule has 0 aromatic heterocycles. The first-order valence-corrected chi connectivity index (χ1v) is 14.7. The molecule has 1 N–H and O–H groups in total. The summed E-state index contributed by atoms with van der Waals surface area (Å²) in [4.78, 5) is 12.7. The van der Waals surface area contributed by atoms with E-state index in [4.69, 9.17) is 34.8 Å². The number of hydrogen-bond donors (Lipinski definition) is 1. The lowest BCUT2D eigenvalue weighted by molar-refractivity contribution is -0.139. The van der Waals surface area contributed by atoms with E-state index in [0.717, 1.165) is 24.3 Å². The minimum absolute atomic E-state index is 0.142. The van der Waals surface area contributed by atoms with Crippen LogP contribution < -0.4 is 5.32 Å². The van der Waals surface area contributed by atoms with Crippen molar-refractivity contribution in [3.05, 3.63) is 73.7 Å². The molecule has 0 saturated carbocycles. The second-order valence-corrected chi connectivity index (χ2v) is 12.5. The molecule has 1 amide bonds. The van der Waals surface area contributed by atoms with Gasteiger partial charge in [-0.2, -0.15) is 39.5 Å². The summed E-state index contributed by atoms with van der Waals surface area (Å²) < 4.78 is 144. The SMILES string of the molecule is CC[C@H](CS(=O)(=O)CCC(F)(F)F)NC(=O)c1ccc(/C=C/C(c2cc(Cl)c(Cl)c(Cl)c2)C(F)(F)F)cc1C(F)(F)F. The van der Waals surface area contributed by atoms with E-state index in [1.165, 1.54) is 6.92 Å². The van der Waals surface area contributed by atoms with Gasteiger partial charge in [0.1, 0.15) is 0 Å². The minimum Gasteiger partial charge on any atom is -0.348 e. The minimum atomic E-state index is -5.17. The molecule has 1 unspecified atom stereocenters. The predicted molar refractivity (Wildman–Crippen MR) is 142 cm³/mol. The van der Waals surface area contributed by atoms with Crippen molar-refractivity contribution in [2.45, 2.75) is 50.3 Å². The van der Waals surface area contributed by atoms with Gasteiger partial charge < -0.3 is 5.32 Å². The fraction of sp³-hybridized carbons (Fsp3) is 0.400. The molecule has 0 radical (unpaired) electrons. The molecule has 4 nitrogen and oxygen atoms in total. The number of amides is 1. The van der Waals surface area contributed by atoms with Gasteiger partial charge in [0, 0.05) is 6.04 Å². The molecule has 0 heterocycles. The third-order valence-corrected chi connectivity index (χ3v) is 8.71. The maximum atomic E-state index is 13.8. The molecule has 0 spiro atoms. The van der Waals surface area contributed by atoms with Gasteiger partial charge in [-0.1, -0.05) is 59.9 Å². The van der Waals surface area contributed by atoms with E-state index in [9.17, 15) is 52.7 Å². The maximum absolute atomic E-state index is 13.8. The number of allylic oxidation sites excluding steroid dienone is 1. The number of carbonyl (C=O) groups is 1. The number of carbonyl (C=O) groups excluding carboxylic acids is 1. The van der Waals surface area contributed by atoms with Crippen LogP contribution in [0.15, 0.2) is 36.4 Å². The first-order valence-electron chi connectivity index (χ1n) is 11.7. The molecular formula is C25H21Cl3F9NO3S. The van der Waals surface area contributed by atoms with Crippen molar-refractivity contribution in [3.63, 3.8) is 0 Å². The smallest absolute Gasteiger partial charge is 0.348 e. The highest BCUT2D eigenvalue weighted by Crippen LogP contribution is 2.41. The number of alkyl halides is 9. The molecule has 0 fully saturated rings. The number of nitrogens with one attached hydrogen (secondary N) is 1. The first kappa shape index (κ1) is 36.0. The molecule has 2 aromatic carbocycles. The van der Waals surface area contributed by atoms with Crippen LogP contribution in [0.2, 0.25) is 15.1 Å². The summed E-state index contributed by atoms with van der Waals surface area (Å²) in [6.45, 7) is 1.36. The molecule has 0 aliphatic rings. The van der Waals surface area contributed by atoms with Crippen LogP contribution >= 0.6 is 34.8 Å². The predicted octanol–water partition coefficient (Wildman–Crippen LogP) is 8.90. The van der Waals surface area contributed by atoms with Crippen LogP contribution in [0.4, 0.5) is 39.5 Å². The monoisotopic (exact) mass is 691 g/mol. The lowest BCUT2D eigenvalue weighted by atomic mass is 9.96. The van der Waals surface area contributed by atoms with Gasteiger partial charge in [-0.25, -0.2) is 8.42 Å². The van der Waals surface area contributed by atoms with Crippen molar-refractivity contribution in [1.82, 2.24) is 5.32 Å².